The van der Waals surface area contributed by atoms with Gasteiger partial charge in [0, 0.05) is 13.3 Å². The van der Waals surface area contributed by atoms with Crippen LogP contribution in [0.25, 0.3) is 0 Å². The second kappa shape index (κ2) is 3.84. The average molecular weight is 179 g/mol. The zero-order valence-electron chi connectivity index (χ0n) is 8.00. The molecule has 5 heteroatoms. The molecule has 0 bridgehead atoms. The van der Waals surface area contributed by atoms with Crippen molar-refractivity contribution in [3.05, 3.63) is 5.69 Å². The topological polar surface area (TPSA) is 76.2 Å². The van der Waals surface area contributed by atoms with Crippen molar-refractivity contribution in [2.75, 3.05) is 18.1 Å². The fourth-order valence-electron chi connectivity index (χ4n) is 1.05. The molecular weight excluding hydrogens is 166 g/mol. The van der Waals surface area contributed by atoms with Gasteiger partial charge in [-0.3, -0.25) is 4.99 Å². The lowest BCUT2D eigenvalue weighted by Crippen LogP contribution is -2.02. The minimum absolute atomic E-state index is 0.261. The molecule has 3 N–H and O–H groups in total. The number of nitrogens with two attached hydrogens (primary N) is 1. The normalized spacial score (nSPS) is 10.7. The standard InChI is InChI=1S/C8H13N5/c1-4-11-6-5(2)12-8(9)13-7(6)10-3/h4H,1-3H3,(H3,9,10,12,13). The third kappa shape index (κ3) is 1.93. The van der Waals surface area contributed by atoms with Crippen LogP contribution in [0, 0.1) is 6.92 Å². The Bertz CT molecular complexity index is 332. The molecule has 0 radical (unpaired) electrons. The van der Waals surface area contributed by atoms with Crippen molar-refractivity contribution < 1.29 is 0 Å². The molecule has 1 rings (SSSR count). The van der Waals surface area contributed by atoms with Gasteiger partial charge in [0.05, 0.1) is 5.69 Å². The van der Waals surface area contributed by atoms with Gasteiger partial charge in [-0.2, -0.15) is 4.98 Å². The maximum absolute atomic E-state index is 5.49. The van der Waals surface area contributed by atoms with Gasteiger partial charge in [0.25, 0.3) is 0 Å². The highest BCUT2D eigenvalue weighted by Crippen LogP contribution is 2.25. The molecular formula is C8H13N5. The molecule has 0 aliphatic rings. The van der Waals surface area contributed by atoms with E-state index in [0.717, 1.165) is 11.4 Å². The van der Waals surface area contributed by atoms with Crippen LogP contribution < -0.4 is 11.1 Å². The lowest BCUT2D eigenvalue weighted by atomic mass is 10.3. The van der Waals surface area contributed by atoms with Crippen molar-refractivity contribution in [3.8, 4) is 0 Å². The third-order valence-electron chi connectivity index (χ3n) is 1.57. The summed E-state index contributed by atoms with van der Waals surface area (Å²) in [5, 5.41) is 2.92. The van der Waals surface area contributed by atoms with Crippen molar-refractivity contribution in [2.45, 2.75) is 13.8 Å². The van der Waals surface area contributed by atoms with E-state index in [1.807, 2.05) is 13.8 Å². The summed E-state index contributed by atoms with van der Waals surface area (Å²) in [6.07, 6.45) is 1.70. The molecule has 0 saturated heterocycles. The first kappa shape index (κ1) is 9.44. The van der Waals surface area contributed by atoms with Gasteiger partial charge in [0.1, 0.15) is 5.69 Å². The Morgan fingerprint density at radius 3 is 2.69 bits per heavy atom. The van der Waals surface area contributed by atoms with E-state index in [2.05, 4.69) is 20.3 Å². The summed E-state index contributed by atoms with van der Waals surface area (Å²) in [5.41, 5.74) is 6.99. The molecule has 0 aliphatic carbocycles. The Hall–Kier alpha value is -1.65. The van der Waals surface area contributed by atoms with E-state index in [-0.39, 0.29) is 5.95 Å². The first-order chi connectivity index (χ1) is 6.19. The summed E-state index contributed by atoms with van der Waals surface area (Å²) in [4.78, 5) is 12.2. The van der Waals surface area contributed by atoms with Crippen LogP contribution in [0.5, 0.6) is 0 Å². The van der Waals surface area contributed by atoms with Crippen molar-refractivity contribution in [1.29, 1.82) is 0 Å². The molecule has 0 unspecified atom stereocenters. The molecule has 0 aliphatic heterocycles. The van der Waals surface area contributed by atoms with E-state index in [1.54, 1.807) is 13.3 Å². The van der Waals surface area contributed by atoms with Crippen molar-refractivity contribution in [1.82, 2.24) is 9.97 Å². The number of nitrogens with zero attached hydrogens (tertiary/aromatic N) is 3. The predicted molar refractivity (Wildman–Crippen MR) is 54.6 cm³/mol. The Kier molecular flexibility index (Phi) is 2.79. The van der Waals surface area contributed by atoms with Crippen LogP contribution in [-0.4, -0.2) is 23.2 Å². The van der Waals surface area contributed by atoms with Gasteiger partial charge in [0.2, 0.25) is 5.95 Å². The fraction of sp³-hybridized carbons (Fsp3) is 0.375. The lowest BCUT2D eigenvalue weighted by Gasteiger charge is -2.06. The van der Waals surface area contributed by atoms with Gasteiger partial charge in [-0.1, -0.05) is 0 Å². The highest BCUT2D eigenvalue weighted by molar-refractivity contribution is 5.71. The maximum atomic E-state index is 5.49. The van der Waals surface area contributed by atoms with E-state index in [9.17, 15) is 0 Å². The number of hydrogen-bond acceptors (Lipinski definition) is 5. The molecule has 1 heterocycles. The molecule has 0 saturated carbocycles. The molecule has 0 atom stereocenters. The predicted octanol–water partition coefficient (Wildman–Crippen LogP) is 1.13. The molecule has 13 heavy (non-hydrogen) atoms. The third-order valence-corrected chi connectivity index (χ3v) is 1.57. The quantitative estimate of drug-likeness (QED) is 0.667. The molecule has 0 aromatic carbocycles. The summed E-state index contributed by atoms with van der Waals surface area (Å²) >= 11 is 0. The smallest absolute Gasteiger partial charge is 0.222 e. The molecule has 0 amide bonds. The van der Waals surface area contributed by atoms with Gasteiger partial charge >= 0.3 is 0 Å². The van der Waals surface area contributed by atoms with Crippen LogP contribution in [0.2, 0.25) is 0 Å². The van der Waals surface area contributed by atoms with Gasteiger partial charge in [-0.05, 0) is 13.8 Å². The Morgan fingerprint density at radius 1 is 1.46 bits per heavy atom. The number of nitrogen functional groups attached to an aromatic ring is 1. The average Bonchev–Trinajstić information content (AvgIpc) is 2.09. The number of anilines is 2. The van der Waals surface area contributed by atoms with E-state index in [1.165, 1.54) is 0 Å². The number of hydrogen-bond donors (Lipinski definition) is 2. The number of aliphatic imine (C=N–C) groups is 1. The van der Waals surface area contributed by atoms with Crippen molar-refractivity contribution >= 4 is 23.7 Å². The highest BCUT2D eigenvalue weighted by Gasteiger charge is 2.06. The minimum atomic E-state index is 0.261. The Morgan fingerprint density at radius 2 is 2.15 bits per heavy atom. The first-order valence-electron chi connectivity index (χ1n) is 3.99. The van der Waals surface area contributed by atoms with E-state index in [0.29, 0.717) is 5.82 Å². The number of aryl methyl sites for hydroxylation is 1. The zero-order chi connectivity index (χ0) is 9.84. The zero-order valence-corrected chi connectivity index (χ0v) is 8.00. The van der Waals surface area contributed by atoms with Crippen LogP contribution in [0.4, 0.5) is 17.5 Å². The lowest BCUT2D eigenvalue weighted by molar-refractivity contribution is 1.11. The van der Waals surface area contributed by atoms with E-state index < -0.39 is 0 Å². The fourth-order valence-corrected chi connectivity index (χ4v) is 1.05. The SMILES string of the molecule is CC=Nc1c(C)nc(N)nc1NC. The van der Waals surface area contributed by atoms with Gasteiger partial charge in [0.15, 0.2) is 5.82 Å². The van der Waals surface area contributed by atoms with Crippen LogP contribution in [0.3, 0.4) is 0 Å². The minimum Gasteiger partial charge on any atom is -0.371 e. The summed E-state index contributed by atoms with van der Waals surface area (Å²) < 4.78 is 0. The Balaban J connectivity index is 3.29. The van der Waals surface area contributed by atoms with Crippen LogP contribution in [0.15, 0.2) is 4.99 Å². The van der Waals surface area contributed by atoms with Gasteiger partial charge in [-0.15, -0.1) is 0 Å². The number of rotatable bonds is 2. The first-order valence-corrected chi connectivity index (χ1v) is 3.99. The molecule has 1 aromatic rings. The second-order valence-electron chi connectivity index (χ2n) is 2.50. The number of aromatic nitrogens is 2. The summed E-state index contributed by atoms with van der Waals surface area (Å²) in [5.74, 6) is 0.917. The van der Waals surface area contributed by atoms with Crippen LogP contribution in [-0.2, 0) is 0 Å². The summed E-state index contributed by atoms with van der Waals surface area (Å²) in [6, 6.07) is 0. The molecule has 70 valence electrons. The number of nitrogens with one attached hydrogen (secondary N) is 1. The monoisotopic (exact) mass is 179 g/mol. The van der Waals surface area contributed by atoms with Crippen LogP contribution in [0.1, 0.15) is 12.6 Å². The Labute approximate surface area is 77.1 Å². The highest BCUT2D eigenvalue weighted by atomic mass is 15.1. The van der Waals surface area contributed by atoms with E-state index >= 15 is 0 Å². The maximum Gasteiger partial charge on any atom is 0.222 e. The molecule has 5 nitrogen and oxygen atoms in total. The van der Waals surface area contributed by atoms with Gasteiger partial charge in [-0.25, -0.2) is 4.98 Å². The molecule has 0 fully saturated rings. The van der Waals surface area contributed by atoms with Crippen LogP contribution >= 0.6 is 0 Å². The van der Waals surface area contributed by atoms with Crippen molar-refractivity contribution in [2.24, 2.45) is 4.99 Å². The second-order valence-corrected chi connectivity index (χ2v) is 2.50. The van der Waals surface area contributed by atoms with E-state index in [4.69, 9.17) is 5.73 Å². The molecule has 1 aromatic heterocycles. The van der Waals surface area contributed by atoms with Gasteiger partial charge < -0.3 is 11.1 Å². The summed E-state index contributed by atoms with van der Waals surface area (Å²) in [7, 11) is 1.77. The van der Waals surface area contributed by atoms with Crippen molar-refractivity contribution in [3.63, 3.8) is 0 Å². The summed E-state index contributed by atoms with van der Waals surface area (Å²) in [6.45, 7) is 3.69. The molecule has 0 spiro atoms. The largest absolute Gasteiger partial charge is 0.371 e.